The molecule has 0 aliphatic carbocycles. The first-order valence-electron chi connectivity index (χ1n) is 10.5. The zero-order valence-corrected chi connectivity index (χ0v) is 19.2. The Bertz CT molecular complexity index is 931. The third kappa shape index (κ3) is 6.93. The summed E-state index contributed by atoms with van der Waals surface area (Å²) in [5, 5.41) is 8.57. The Kier molecular flexibility index (Phi) is 8.33. The predicted octanol–water partition coefficient (Wildman–Crippen LogP) is 2.44. The molecule has 0 aliphatic rings. The number of carbonyl (C=O) groups is 3. The van der Waals surface area contributed by atoms with E-state index in [1.54, 1.807) is 24.3 Å². The normalized spacial score (nSPS) is 12.6. The number of nitrogens with one attached hydrogen (secondary N) is 4. The molecule has 7 heteroatoms. The van der Waals surface area contributed by atoms with Gasteiger partial charge in [-0.05, 0) is 70.0 Å². The predicted molar refractivity (Wildman–Crippen MR) is 124 cm³/mol. The quantitative estimate of drug-likeness (QED) is 0.524. The number of aryl methyl sites for hydroxylation is 3. The standard InChI is InChI=1S/C24H32N4O3/c1-7-28(14-22(30)26-21-10-8-20(9-11-21)25-19(6)29)18(5)24(31)27-23-16(3)12-15(2)13-17(23)4/h8-13,18H,7,14H2,1-6H3,(H,25,29)(H,26,30)(H,27,31)/p+1/t18-/m1/s1. The van der Waals surface area contributed by atoms with Crippen LogP contribution in [0.25, 0.3) is 0 Å². The van der Waals surface area contributed by atoms with Crippen LogP contribution in [0, 0.1) is 20.8 Å². The van der Waals surface area contributed by atoms with Crippen LogP contribution in [-0.4, -0.2) is 36.9 Å². The lowest BCUT2D eigenvalue weighted by molar-refractivity contribution is -0.904. The second kappa shape index (κ2) is 10.7. The molecule has 1 unspecified atom stereocenters. The maximum absolute atomic E-state index is 12.9. The van der Waals surface area contributed by atoms with Crippen molar-refractivity contribution in [2.75, 3.05) is 29.0 Å². The van der Waals surface area contributed by atoms with Crippen molar-refractivity contribution in [3.63, 3.8) is 0 Å². The van der Waals surface area contributed by atoms with Gasteiger partial charge in [0.05, 0.1) is 6.54 Å². The Morgan fingerprint density at radius 1 is 0.903 bits per heavy atom. The largest absolute Gasteiger partial charge is 0.326 e. The molecule has 0 heterocycles. The average Bonchev–Trinajstić information content (AvgIpc) is 2.69. The number of amides is 3. The summed E-state index contributed by atoms with van der Waals surface area (Å²) in [5.41, 5.74) is 5.34. The number of hydrogen-bond acceptors (Lipinski definition) is 3. The minimum atomic E-state index is -0.391. The summed E-state index contributed by atoms with van der Waals surface area (Å²) in [6, 6.07) is 10.6. The molecule has 4 N–H and O–H groups in total. The van der Waals surface area contributed by atoms with Crippen LogP contribution < -0.4 is 20.9 Å². The van der Waals surface area contributed by atoms with Crippen LogP contribution in [0.15, 0.2) is 36.4 Å². The number of likely N-dealkylation sites (N-methyl/N-ethyl adjacent to an activating group) is 1. The Morgan fingerprint density at radius 2 is 1.42 bits per heavy atom. The van der Waals surface area contributed by atoms with Gasteiger partial charge in [-0.3, -0.25) is 14.4 Å². The first-order chi connectivity index (χ1) is 14.6. The van der Waals surface area contributed by atoms with Crippen molar-refractivity contribution >= 4 is 34.8 Å². The maximum atomic E-state index is 12.9. The zero-order valence-electron chi connectivity index (χ0n) is 19.2. The van der Waals surface area contributed by atoms with Crippen molar-refractivity contribution in [3.8, 4) is 0 Å². The van der Waals surface area contributed by atoms with Gasteiger partial charge < -0.3 is 20.9 Å². The topological polar surface area (TPSA) is 91.7 Å². The molecule has 2 aromatic rings. The highest BCUT2D eigenvalue weighted by atomic mass is 16.2. The molecule has 7 nitrogen and oxygen atoms in total. The Morgan fingerprint density at radius 3 is 1.90 bits per heavy atom. The molecule has 0 radical (unpaired) electrons. The highest BCUT2D eigenvalue weighted by Gasteiger charge is 2.26. The minimum absolute atomic E-state index is 0.112. The van der Waals surface area contributed by atoms with Crippen molar-refractivity contribution in [2.24, 2.45) is 0 Å². The third-order valence-corrected chi connectivity index (χ3v) is 5.26. The third-order valence-electron chi connectivity index (χ3n) is 5.26. The van der Waals surface area contributed by atoms with E-state index in [0.717, 1.165) is 27.3 Å². The molecule has 0 fully saturated rings. The fourth-order valence-corrected chi connectivity index (χ4v) is 3.63. The summed E-state index contributed by atoms with van der Waals surface area (Å²) >= 11 is 0. The molecule has 31 heavy (non-hydrogen) atoms. The Hall–Kier alpha value is -3.19. The highest BCUT2D eigenvalue weighted by Crippen LogP contribution is 2.22. The van der Waals surface area contributed by atoms with Crippen molar-refractivity contribution in [3.05, 3.63) is 53.1 Å². The van der Waals surface area contributed by atoms with Crippen LogP contribution in [0.1, 0.15) is 37.5 Å². The summed E-state index contributed by atoms with van der Waals surface area (Å²) in [5.74, 6) is -0.437. The van der Waals surface area contributed by atoms with Gasteiger partial charge in [0.1, 0.15) is 0 Å². The van der Waals surface area contributed by atoms with E-state index in [9.17, 15) is 14.4 Å². The second-order valence-electron chi connectivity index (χ2n) is 7.98. The van der Waals surface area contributed by atoms with E-state index in [1.165, 1.54) is 6.92 Å². The van der Waals surface area contributed by atoms with Crippen molar-refractivity contribution in [1.82, 2.24) is 0 Å². The molecular weight excluding hydrogens is 392 g/mol. The first kappa shape index (κ1) is 24.1. The SMILES string of the molecule is CC[NH+](CC(=O)Nc1ccc(NC(C)=O)cc1)[C@H](C)C(=O)Nc1c(C)cc(C)cc1C. The summed E-state index contributed by atoms with van der Waals surface area (Å²) in [7, 11) is 0. The van der Waals surface area contributed by atoms with Crippen LogP contribution in [0.4, 0.5) is 17.1 Å². The molecule has 0 bridgehead atoms. The molecule has 2 rings (SSSR count). The molecule has 0 aliphatic heterocycles. The first-order valence-corrected chi connectivity index (χ1v) is 10.5. The van der Waals surface area contributed by atoms with Crippen LogP contribution in [-0.2, 0) is 14.4 Å². The molecule has 0 saturated heterocycles. The van der Waals surface area contributed by atoms with E-state index in [-0.39, 0.29) is 24.3 Å². The van der Waals surface area contributed by atoms with Gasteiger partial charge in [-0.15, -0.1) is 0 Å². The maximum Gasteiger partial charge on any atom is 0.282 e. The van der Waals surface area contributed by atoms with Gasteiger partial charge in [-0.2, -0.15) is 0 Å². The number of quaternary nitrogens is 1. The Labute approximate surface area is 184 Å². The van der Waals surface area contributed by atoms with Gasteiger partial charge >= 0.3 is 0 Å². The molecular formula is C24H33N4O3+. The van der Waals surface area contributed by atoms with Crippen molar-refractivity contribution in [2.45, 2.75) is 47.6 Å². The fraction of sp³-hybridized carbons (Fsp3) is 0.375. The van der Waals surface area contributed by atoms with Gasteiger partial charge in [-0.1, -0.05) is 17.7 Å². The lowest BCUT2D eigenvalue weighted by Crippen LogP contribution is -3.17. The van der Waals surface area contributed by atoms with Gasteiger partial charge in [0.25, 0.3) is 11.8 Å². The van der Waals surface area contributed by atoms with Crippen LogP contribution >= 0.6 is 0 Å². The van der Waals surface area contributed by atoms with E-state index in [2.05, 4.69) is 16.0 Å². The molecule has 2 atom stereocenters. The lowest BCUT2D eigenvalue weighted by atomic mass is 10.0. The van der Waals surface area contributed by atoms with E-state index >= 15 is 0 Å². The molecule has 0 saturated carbocycles. The van der Waals surface area contributed by atoms with Gasteiger partial charge in [-0.25, -0.2) is 0 Å². The van der Waals surface area contributed by atoms with Gasteiger partial charge in [0, 0.05) is 24.0 Å². The minimum Gasteiger partial charge on any atom is -0.326 e. The van der Waals surface area contributed by atoms with Gasteiger partial charge in [0.15, 0.2) is 12.6 Å². The van der Waals surface area contributed by atoms with Crippen LogP contribution in [0.3, 0.4) is 0 Å². The summed E-state index contributed by atoms with van der Waals surface area (Å²) in [6.07, 6.45) is 0. The molecule has 0 spiro atoms. The van der Waals surface area contributed by atoms with E-state index in [4.69, 9.17) is 0 Å². The van der Waals surface area contributed by atoms with E-state index in [0.29, 0.717) is 17.9 Å². The number of anilines is 3. The summed E-state index contributed by atoms with van der Waals surface area (Å²) < 4.78 is 0. The zero-order chi connectivity index (χ0) is 23.1. The Balaban J connectivity index is 1.98. The van der Waals surface area contributed by atoms with E-state index in [1.807, 2.05) is 46.8 Å². The number of rotatable bonds is 8. The molecule has 3 amide bonds. The lowest BCUT2D eigenvalue weighted by Gasteiger charge is -2.24. The second-order valence-corrected chi connectivity index (χ2v) is 7.98. The van der Waals surface area contributed by atoms with Crippen molar-refractivity contribution in [1.29, 1.82) is 0 Å². The average molecular weight is 426 g/mol. The van der Waals surface area contributed by atoms with Gasteiger partial charge in [0.2, 0.25) is 5.91 Å². The monoisotopic (exact) mass is 425 g/mol. The van der Waals surface area contributed by atoms with Crippen LogP contribution in [0.5, 0.6) is 0 Å². The fourth-order valence-electron chi connectivity index (χ4n) is 3.63. The number of hydrogen-bond donors (Lipinski definition) is 4. The molecule has 166 valence electrons. The smallest absolute Gasteiger partial charge is 0.282 e. The molecule has 2 aromatic carbocycles. The number of benzene rings is 2. The highest BCUT2D eigenvalue weighted by molar-refractivity contribution is 5.96. The summed E-state index contributed by atoms with van der Waals surface area (Å²) in [4.78, 5) is 37.4. The van der Waals surface area contributed by atoms with E-state index < -0.39 is 6.04 Å². The summed E-state index contributed by atoms with van der Waals surface area (Å²) in [6.45, 7) is 12.0. The van der Waals surface area contributed by atoms with Crippen molar-refractivity contribution < 1.29 is 19.3 Å². The van der Waals surface area contributed by atoms with Crippen LogP contribution in [0.2, 0.25) is 0 Å². The number of carbonyl (C=O) groups excluding carboxylic acids is 3. The molecule has 0 aromatic heterocycles.